The summed E-state index contributed by atoms with van der Waals surface area (Å²) in [7, 11) is 0. The van der Waals surface area contributed by atoms with Crippen molar-refractivity contribution >= 4 is 22.7 Å². The van der Waals surface area contributed by atoms with Gasteiger partial charge in [-0.05, 0) is 19.1 Å². The lowest BCUT2D eigenvalue weighted by atomic mass is 10.2. The number of benzene rings is 1. The van der Waals surface area contributed by atoms with E-state index in [0.717, 1.165) is 5.39 Å². The first kappa shape index (κ1) is 10.5. The van der Waals surface area contributed by atoms with Gasteiger partial charge in [-0.15, -0.1) is 0 Å². The Morgan fingerprint density at radius 2 is 2.06 bits per heavy atom. The monoisotopic (exact) mass is 243 g/mol. The molecule has 2 aromatic heterocycles. The fourth-order valence-electron chi connectivity index (χ4n) is 1.62. The van der Waals surface area contributed by atoms with Crippen molar-refractivity contribution in [2.45, 2.75) is 6.92 Å². The number of amides is 1. The summed E-state index contributed by atoms with van der Waals surface area (Å²) in [6.07, 6.45) is 0. The number of carbonyl (C=O) groups excluding carboxylic acids is 1. The highest BCUT2D eigenvalue weighted by Crippen LogP contribution is 2.22. The summed E-state index contributed by atoms with van der Waals surface area (Å²) in [6, 6.07) is 8.82. The number of hydrogen-bond donors (Lipinski definition) is 1. The molecule has 3 aromatic rings. The molecule has 0 radical (unpaired) electrons. The van der Waals surface area contributed by atoms with E-state index in [1.807, 2.05) is 18.2 Å². The maximum Gasteiger partial charge on any atom is 0.279 e. The third-order valence-electron chi connectivity index (χ3n) is 2.47. The van der Waals surface area contributed by atoms with Gasteiger partial charge < -0.3 is 14.4 Å². The van der Waals surface area contributed by atoms with E-state index >= 15 is 0 Å². The number of para-hydroxylation sites is 1. The molecule has 0 aliphatic carbocycles. The molecule has 0 fully saturated rings. The van der Waals surface area contributed by atoms with E-state index in [9.17, 15) is 4.79 Å². The smallest absolute Gasteiger partial charge is 0.279 e. The van der Waals surface area contributed by atoms with Crippen LogP contribution in [0.2, 0.25) is 0 Å². The van der Waals surface area contributed by atoms with E-state index in [1.165, 1.54) is 0 Å². The third-order valence-corrected chi connectivity index (χ3v) is 2.47. The fraction of sp³-hybridized carbons (Fsp3) is 0.0833. The first-order valence-corrected chi connectivity index (χ1v) is 5.33. The Morgan fingerprint density at radius 3 is 2.83 bits per heavy atom. The minimum Gasteiger partial charge on any atom is -0.361 e. The Labute approximate surface area is 102 Å². The molecule has 0 atom stereocenters. The van der Waals surface area contributed by atoms with Gasteiger partial charge in [0.1, 0.15) is 5.76 Å². The van der Waals surface area contributed by atoms with Crippen LogP contribution in [-0.2, 0) is 0 Å². The molecular formula is C12H9N3O3. The summed E-state index contributed by atoms with van der Waals surface area (Å²) < 4.78 is 9.92. The first-order chi connectivity index (χ1) is 8.74. The zero-order valence-electron chi connectivity index (χ0n) is 9.51. The van der Waals surface area contributed by atoms with Gasteiger partial charge in [0.15, 0.2) is 17.1 Å². The van der Waals surface area contributed by atoms with E-state index in [1.54, 1.807) is 19.1 Å². The number of fused-ring (bicyclic) bond motifs is 1. The number of nitrogens with zero attached hydrogens (tertiary/aromatic N) is 2. The molecule has 6 nitrogen and oxygen atoms in total. The fourth-order valence-corrected chi connectivity index (χ4v) is 1.62. The molecule has 0 aliphatic heterocycles. The third kappa shape index (κ3) is 1.73. The second-order valence-electron chi connectivity index (χ2n) is 3.80. The van der Waals surface area contributed by atoms with Gasteiger partial charge in [-0.2, -0.15) is 0 Å². The van der Waals surface area contributed by atoms with E-state index in [2.05, 4.69) is 15.6 Å². The van der Waals surface area contributed by atoms with Crippen molar-refractivity contribution in [3.05, 3.63) is 41.8 Å². The molecule has 1 aromatic carbocycles. The lowest BCUT2D eigenvalue weighted by Gasteiger charge is -1.96. The Hall–Kier alpha value is -2.63. The van der Waals surface area contributed by atoms with Crippen LogP contribution in [0.25, 0.3) is 11.0 Å². The summed E-state index contributed by atoms with van der Waals surface area (Å²) in [5, 5.41) is 10.8. The molecule has 1 amide bonds. The van der Waals surface area contributed by atoms with Crippen molar-refractivity contribution in [1.29, 1.82) is 0 Å². The van der Waals surface area contributed by atoms with Gasteiger partial charge in [0.25, 0.3) is 5.91 Å². The SMILES string of the molecule is Cc1cc(C(=O)Nc2noc3ccccc23)no1. The summed E-state index contributed by atoms with van der Waals surface area (Å²) in [5.74, 6) is 0.562. The van der Waals surface area contributed by atoms with Gasteiger partial charge in [-0.1, -0.05) is 22.4 Å². The van der Waals surface area contributed by atoms with Crippen molar-refractivity contribution < 1.29 is 13.8 Å². The molecule has 0 aliphatic rings. The Balaban J connectivity index is 1.90. The van der Waals surface area contributed by atoms with Gasteiger partial charge in [-0.25, -0.2) is 0 Å². The molecule has 0 unspecified atom stereocenters. The van der Waals surface area contributed by atoms with Crippen LogP contribution >= 0.6 is 0 Å². The molecule has 0 bridgehead atoms. The highest BCUT2D eigenvalue weighted by Gasteiger charge is 2.15. The van der Waals surface area contributed by atoms with E-state index in [0.29, 0.717) is 17.2 Å². The molecule has 90 valence electrons. The predicted molar refractivity (Wildman–Crippen MR) is 63.2 cm³/mol. The zero-order valence-corrected chi connectivity index (χ0v) is 9.51. The first-order valence-electron chi connectivity index (χ1n) is 5.33. The minimum atomic E-state index is -0.383. The van der Waals surface area contributed by atoms with Gasteiger partial charge >= 0.3 is 0 Å². The molecule has 0 spiro atoms. The van der Waals surface area contributed by atoms with Crippen LogP contribution in [0.1, 0.15) is 16.2 Å². The van der Waals surface area contributed by atoms with Crippen LogP contribution in [-0.4, -0.2) is 16.2 Å². The Kier molecular flexibility index (Phi) is 2.33. The topological polar surface area (TPSA) is 81.2 Å². The highest BCUT2D eigenvalue weighted by atomic mass is 16.5. The lowest BCUT2D eigenvalue weighted by Crippen LogP contribution is -2.12. The molecule has 0 saturated heterocycles. The number of carbonyl (C=O) groups is 1. The molecule has 0 saturated carbocycles. The largest absolute Gasteiger partial charge is 0.361 e. The van der Waals surface area contributed by atoms with Crippen LogP contribution in [0.5, 0.6) is 0 Å². The van der Waals surface area contributed by atoms with E-state index < -0.39 is 0 Å². The lowest BCUT2D eigenvalue weighted by molar-refractivity contribution is 0.101. The molecule has 1 N–H and O–H groups in total. The molecule has 6 heteroatoms. The Bertz CT molecular complexity index is 714. The highest BCUT2D eigenvalue weighted by molar-refractivity contribution is 6.06. The van der Waals surface area contributed by atoms with Gasteiger partial charge in [0.05, 0.1) is 5.39 Å². The number of aromatic nitrogens is 2. The van der Waals surface area contributed by atoms with E-state index in [-0.39, 0.29) is 11.6 Å². The molecule has 2 heterocycles. The summed E-state index contributed by atoms with van der Waals surface area (Å²) in [6.45, 7) is 1.72. The van der Waals surface area contributed by atoms with Gasteiger partial charge in [-0.3, -0.25) is 4.79 Å². The van der Waals surface area contributed by atoms with Crippen molar-refractivity contribution in [2.75, 3.05) is 5.32 Å². The normalized spacial score (nSPS) is 10.7. The van der Waals surface area contributed by atoms with E-state index in [4.69, 9.17) is 9.05 Å². The summed E-state index contributed by atoms with van der Waals surface area (Å²) in [5.41, 5.74) is 0.823. The maximum absolute atomic E-state index is 11.9. The second-order valence-corrected chi connectivity index (χ2v) is 3.80. The van der Waals surface area contributed by atoms with Crippen LogP contribution in [0.3, 0.4) is 0 Å². The second kappa shape index (κ2) is 3.99. The van der Waals surface area contributed by atoms with Crippen LogP contribution in [0.4, 0.5) is 5.82 Å². The van der Waals surface area contributed by atoms with Crippen LogP contribution < -0.4 is 5.32 Å². The number of rotatable bonds is 2. The van der Waals surface area contributed by atoms with Crippen molar-refractivity contribution in [3.8, 4) is 0 Å². The number of anilines is 1. The Morgan fingerprint density at radius 1 is 1.22 bits per heavy atom. The molecule has 3 rings (SSSR count). The number of hydrogen-bond acceptors (Lipinski definition) is 5. The van der Waals surface area contributed by atoms with Crippen LogP contribution in [0, 0.1) is 6.92 Å². The summed E-state index contributed by atoms with van der Waals surface area (Å²) >= 11 is 0. The maximum atomic E-state index is 11.9. The molecular weight excluding hydrogens is 234 g/mol. The van der Waals surface area contributed by atoms with Crippen molar-refractivity contribution in [1.82, 2.24) is 10.3 Å². The van der Waals surface area contributed by atoms with Gasteiger partial charge in [0, 0.05) is 6.07 Å². The quantitative estimate of drug-likeness (QED) is 0.747. The van der Waals surface area contributed by atoms with Crippen LogP contribution in [0.15, 0.2) is 39.4 Å². The predicted octanol–water partition coefficient (Wildman–Crippen LogP) is 2.38. The zero-order chi connectivity index (χ0) is 12.5. The number of nitrogens with one attached hydrogen (secondary N) is 1. The standard InChI is InChI=1S/C12H9N3O3/c1-7-6-9(14-17-7)12(16)13-11-8-4-2-3-5-10(8)18-15-11/h2-6H,1H3,(H,13,15,16). The summed E-state index contributed by atoms with van der Waals surface area (Å²) in [4.78, 5) is 11.9. The van der Waals surface area contributed by atoms with Crippen molar-refractivity contribution in [3.63, 3.8) is 0 Å². The average molecular weight is 243 g/mol. The minimum absolute atomic E-state index is 0.208. The molecule has 18 heavy (non-hydrogen) atoms. The van der Waals surface area contributed by atoms with Crippen molar-refractivity contribution in [2.24, 2.45) is 0 Å². The number of aryl methyl sites for hydroxylation is 1. The van der Waals surface area contributed by atoms with Gasteiger partial charge in [0.2, 0.25) is 0 Å². The average Bonchev–Trinajstić information content (AvgIpc) is 2.97.